The molecule has 1 rings (SSSR count). The van der Waals surface area contributed by atoms with Gasteiger partial charge in [-0.15, -0.1) is 0 Å². The third-order valence-corrected chi connectivity index (χ3v) is 2.27. The van der Waals surface area contributed by atoms with Crippen molar-refractivity contribution in [2.45, 2.75) is 13.0 Å². The van der Waals surface area contributed by atoms with E-state index in [1.807, 2.05) is 25.1 Å². The smallest absolute Gasteiger partial charge is 0.142 e. The molecule has 0 heterocycles. The Morgan fingerprint density at radius 2 is 2.29 bits per heavy atom. The van der Waals surface area contributed by atoms with Crippen LogP contribution in [0, 0.1) is 0 Å². The molecule has 1 aromatic carbocycles. The highest BCUT2D eigenvalue weighted by Gasteiger charge is 2.03. The van der Waals surface area contributed by atoms with Crippen LogP contribution in [0.15, 0.2) is 22.7 Å². The van der Waals surface area contributed by atoms with Crippen molar-refractivity contribution >= 4 is 21.6 Å². The first kappa shape index (κ1) is 11.3. The summed E-state index contributed by atoms with van der Waals surface area (Å²) in [6.07, 6.45) is 0. The molecule has 3 N–H and O–H groups in total. The van der Waals surface area contributed by atoms with Crippen LogP contribution in [0.1, 0.15) is 6.92 Å². The second-order valence-corrected chi connectivity index (χ2v) is 4.12. The Balaban J connectivity index is 2.77. The largest absolute Gasteiger partial charge is 0.495 e. The zero-order valence-corrected chi connectivity index (χ0v) is 9.97. The van der Waals surface area contributed by atoms with Crippen molar-refractivity contribution in [1.29, 1.82) is 0 Å². The molecule has 0 saturated heterocycles. The van der Waals surface area contributed by atoms with Gasteiger partial charge in [-0.05, 0) is 25.1 Å². The number of ether oxygens (including phenoxy) is 1. The standard InChI is InChI=1S/C10H15BrN2O/c1-7(12)6-13-9-5-8(11)3-4-10(9)14-2/h3-5,7,13H,6,12H2,1-2H3. The Bertz CT molecular complexity index is 302. The maximum atomic E-state index is 5.65. The molecule has 0 radical (unpaired) electrons. The summed E-state index contributed by atoms with van der Waals surface area (Å²) in [6, 6.07) is 5.95. The molecule has 14 heavy (non-hydrogen) atoms. The van der Waals surface area contributed by atoms with E-state index in [4.69, 9.17) is 10.5 Å². The third kappa shape index (κ3) is 3.20. The SMILES string of the molecule is COc1ccc(Br)cc1NCC(C)N. The molecular formula is C10H15BrN2O. The van der Waals surface area contributed by atoms with E-state index in [0.29, 0.717) is 0 Å². The summed E-state index contributed by atoms with van der Waals surface area (Å²) < 4.78 is 6.23. The fourth-order valence-electron chi connectivity index (χ4n) is 1.09. The van der Waals surface area contributed by atoms with Gasteiger partial charge in [-0.1, -0.05) is 15.9 Å². The number of benzene rings is 1. The van der Waals surface area contributed by atoms with E-state index in [1.54, 1.807) is 7.11 Å². The zero-order valence-electron chi connectivity index (χ0n) is 8.38. The fraction of sp³-hybridized carbons (Fsp3) is 0.400. The molecule has 0 spiro atoms. The highest BCUT2D eigenvalue weighted by molar-refractivity contribution is 9.10. The van der Waals surface area contributed by atoms with Gasteiger partial charge >= 0.3 is 0 Å². The number of hydrogen-bond acceptors (Lipinski definition) is 3. The highest BCUT2D eigenvalue weighted by Crippen LogP contribution is 2.27. The average Bonchev–Trinajstić information content (AvgIpc) is 2.15. The van der Waals surface area contributed by atoms with Crippen molar-refractivity contribution in [1.82, 2.24) is 0 Å². The minimum absolute atomic E-state index is 0.124. The second kappa shape index (κ2) is 5.22. The first-order valence-electron chi connectivity index (χ1n) is 4.46. The lowest BCUT2D eigenvalue weighted by molar-refractivity contribution is 0.416. The Morgan fingerprint density at radius 3 is 2.86 bits per heavy atom. The lowest BCUT2D eigenvalue weighted by Gasteiger charge is -2.13. The second-order valence-electron chi connectivity index (χ2n) is 3.20. The minimum atomic E-state index is 0.124. The van der Waals surface area contributed by atoms with Crippen LogP contribution in [0.5, 0.6) is 5.75 Å². The number of nitrogens with two attached hydrogens (primary N) is 1. The molecule has 0 bridgehead atoms. The molecule has 0 aliphatic carbocycles. The molecule has 0 aliphatic heterocycles. The molecular weight excluding hydrogens is 244 g/mol. The number of anilines is 1. The predicted octanol–water partition coefficient (Wildman–Crippen LogP) is 2.22. The summed E-state index contributed by atoms with van der Waals surface area (Å²) in [5.41, 5.74) is 6.61. The lowest BCUT2D eigenvalue weighted by atomic mass is 10.2. The maximum absolute atomic E-state index is 5.65. The normalized spacial score (nSPS) is 12.3. The molecule has 3 nitrogen and oxygen atoms in total. The summed E-state index contributed by atoms with van der Waals surface area (Å²) in [5, 5.41) is 3.22. The van der Waals surface area contributed by atoms with Crippen LogP contribution < -0.4 is 15.8 Å². The van der Waals surface area contributed by atoms with Crippen LogP contribution >= 0.6 is 15.9 Å². The van der Waals surface area contributed by atoms with Crippen LogP contribution in [-0.4, -0.2) is 19.7 Å². The van der Waals surface area contributed by atoms with Gasteiger partial charge in [0, 0.05) is 17.1 Å². The molecule has 4 heteroatoms. The van der Waals surface area contributed by atoms with Gasteiger partial charge in [-0.2, -0.15) is 0 Å². The van der Waals surface area contributed by atoms with Crippen LogP contribution in [-0.2, 0) is 0 Å². The molecule has 0 fully saturated rings. The molecule has 1 unspecified atom stereocenters. The van der Waals surface area contributed by atoms with E-state index in [2.05, 4.69) is 21.2 Å². The number of hydrogen-bond donors (Lipinski definition) is 2. The van der Waals surface area contributed by atoms with Gasteiger partial charge < -0.3 is 15.8 Å². The van der Waals surface area contributed by atoms with Crippen molar-refractivity contribution in [3.63, 3.8) is 0 Å². The zero-order chi connectivity index (χ0) is 10.6. The monoisotopic (exact) mass is 258 g/mol. The molecule has 1 aromatic rings. The van der Waals surface area contributed by atoms with Crippen LogP contribution in [0.25, 0.3) is 0 Å². The van der Waals surface area contributed by atoms with Crippen molar-refractivity contribution in [2.24, 2.45) is 5.73 Å². The molecule has 0 aliphatic rings. The fourth-order valence-corrected chi connectivity index (χ4v) is 1.45. The third-order valence-electron chi connectivity index (χ3n) is 1.78. The van der Waals surface area contributed by atoms with Crippen LogP contribution in [0.3, 0.4) is 0 Å². The van der Waals surface area contributed by atoms with Crippen LogP contribution in [0.2, 0.25) is 0 Å². The van der Waals surface area contributed by atoms with Gasteiger partial charge in [0.25, 0.3) is 0 Å². The molecule has 0 amide bonds. The Morgan fingerprint density at radius 1 is 1.57 bits per heavy atom. The highest BCUT2D eigenvalue weighted by atomic mass is 79.9. The quantitative estimate of drug-likeness (QED) is 0.871. The first-order valence-corrected chi connectivity index (χ1v) is 5.25. The molecule has 0 saturated carbocycles. The topological polar surface area (TPSA) is 47.3 Å². The van der Waals surface area contributed by atoms with Gasteiger partial charge in [-0.3, -0.25) is 0 Å². The Hall–Kier alpha value is -0.740. The molecule has 78 valence electrons. The number of halogens is 1. The minimum Gasteiger partial charge on any atom is -0.495 e. The van der Waals surface area contributed by atoms with Crippen LogP contribution in [0.4, 0.5) is 5.69 Å². The van der Waals surface area contributed by atoms with Gasteiger partial charge in [0.1, 0.15) is 5.75 Å². The van der Waals surface area contributed by atoms with Crippen molar-refractivity contribution in [2.75, 3.05) is 19.0 Å². The summed E-state index contributed by atoms with van der Waals surface area (Å²) >= 11 is 3.41. The van der Waals surface area contributed by atoms with Crippen molar-refractivity contribution in [3.05, 3.63) is 22.7 Å². The Kier molecular flexibility index (Phi) is 4.22. The number of methoxy groups -OCH3 is 1. The molecule has 1 atom stereocenters. The van der Waals surface area contributed by atoms with Crippen molar-refractivity contribution < 1.29 is 4.74 Å². The average molecular weight is 259 g/mol. The Labute approximate surface area is 92.8 Å². The predicted molar refractivity (Wildman–Crippen MR) is 62.8 cm³/mol. The summed E-state index contributed by atoms with van der Waals surface area (Å²) in [7, 11) is 1.65. The van der Waals surface area contributed by atoms with E-state index in [0.717, 1.165) is 22.5 Å². The van der Waals surface area contributed by atoms with E-state index < -0.39 is 0 Å². The van der Waals surface area contributed by atoms with E-state index in [9.17, 15) is 0 Å². The van der Waals surface area contributed by atoms with Gasteiger partial charge in [0.2, 0.25) is 0 Å². The van der Waals surface area contributed by atoms with E-state index in [1.165, 1.54) is 0 Å². The number of nitrogens with one attached hydrogen (secondary N) is 1. The van der Waals surface area contributed by atoms with Gasteiger partial charge in [0.15, 0.2) is 0 Å². The van der Waals surface area contributed by atoms with E-state index >= 15 is 0 Å². The summed E-state index contributed by atoms with van der Waals surface area (Å²) in [4.78, 5) is 0. The summed E-state index contributed by atoms with van der Waals surface area (Å²) in [6.45, 7) is 2.68. The van der Waals surface area contributed by atoms with Gasteiger partial charge in [0.05, 0.1) is 12.8 Å². The molecule has 0 aromatic heterocycles. The first-order chi connectivity index (χ1) is 6.63. The summed E-state index contributed by atoms with van der Waals surface area (Å²) in [5.74, 6) is 0.828. The lowest BCUT2D eigenvalue weighted by Crippen LogP contribution is -2.25. The van der Waals surface area contributed by atoms with E-state index in [-0.39, 0.29) is 6.04 Å². The number of rotatable bonds is 4. The maximum Gasteiger partial charge on any atom is 0.142 e. The van der Waals surface area contributed by atoms with Crippen molar-refractivity contribution in [3.8, 4) is 5.75 Å². The van der Waals surface area contributed by atoms with Gasteiger partial charge in [-0.25, -0.2) is 0 Å².